The number of aliphatic hydroxyl groups excluding tert-OH is 1. The van der Waals surface area contributed by atoms with Crippen LogP contribution < -0.4 is 0 Å². The number of aliphatic hydroxyl groups is 1. The number of hydrogen-bond donors (Lipinski definition) is 1. The van der Waals surface area contributed by atoms with Crippen LogP contribution in [0.2, 0.25) is 0 Å². The third-order valence-corrected chi connectivity index (χ3v) is 3.98. The average molecular weight is 198 g/mol. The second-order valence-electron chi connectivity index (χ2n) is 5.83. The normalized spacial score (nSPS) is 34.5. The Morgan fingerprint density at radius 3 is 2.43 bits per heavy atom. The van der Waals surface area contributed by atoms with Gasteiger partial charge in [-0.05, 0) is 36.5 Å². The third kappa shape index (κ3) is 2.73. The van der Waals surface area contributed by atoms with Crippen molar-refractivity contribution in [1.82, 2.24) is 0 Å². The van der Waals surface area contributed by atoms with Crippen molar-refractivity contribution in [2.75, 3.05) is 0 Å². The predicted octanol–water partition coefficient (Wildman–Crippen LogP) is 3.61. The first-order chi connectivity index (χ1) is 6.47. The van der Waals surface area contributed by atoms with E-state index in [1.807, 2.05) is 0 Å². The van der Waals surface area contributed by atoms with E-state index in [1.165, 1.54) is 25.7 Å². The molecular formula is C13H26O. The molecule has 0 aliphatic heterocycles. The van der Waals surface area contributed by atoms with Gasteiger partial charge in [-0.1, -0.05) is 40.5 Å². The van der Waals surface area contributed by atoms with E-state index in [9.17, 15) is 5.11 Å². The maximum Gasteiger partial charge on any atom is 0.0576 e. The molecule has 1 aliphatic carbocycles. The van der Waals surface area contributed by atoms with Crippen molar-refractivity contribution in [2.24, 2.45) is 17.3 Å². The highest BCUT2D eigenvalue weighted by atomic mass is 16.3. The van der Waals surface area contributed by atoms with E-state index in [-0.39, 0.29) is 6.10 Å². The van der Waals surface area contributed by atoms with E-state index in [0.717, 1.165) is 12.3 Å². The molecule has 0 aromatic rings. The van der Waals surface area contributed by atoms with Crippen molar-refractivity contribution >= 4 is 0 Å². The Morgan fingerprint density at radius 2 is 1.93 bits per heavy atom. The maximum atomic E-state index is 10.1. The first kappa shape index (κ1) is 12.0. The first-order valence-corrected chi connectivity index (χ1v) is 6.15. The molecule has 0 bridgehead atoms. The van der Waals surface area contributed by atoms with E-state index in [2.05, 4.69) is 27.7 Å². The Labute approximate surface area is 88.9 Å². The molecule has 0 amide bonds. The van der Waals surface area contributed by atoms with Crippen molar-refractivity contribution in [3.05, 3.63) is 0 Å². The molecule has 3 unspecified atom stereocenters. The van der Waals surface area contributed by atoms with Crippen LogP contribution >= 0.6 is 0 Å². The maximum absolute atomic E-state index is 10.1. The lowest BCUT2D eigenvalue weighted by Gasteiger charge is -2.42. The van der Waals surface area contributed by atoms with Crippen LogP contribution in [0.4, 0.5) is 0 Å². The highest BCUT2D eigenvalue weighted by molar-refractivity contribution is 4.87. The van der Waals surface area contributed by atoms with Gasteiger partial charge >= 0.3 is 0 Å². The Morgan fingerprint density at radius 1 is 1.29 bits per heavy atom. The lowest BCUT2D eigenvalue weighted by Crippen LogP contribution is -2.38. The molecule has 0 aromatic heterocycles. The van der Waals surface area contributed by atoms with E-state index >= 15 is 0 Å². The Hall–Kier alpha value is -0.0400. The van der Waals surface area contributed by atoms with Crippen LogP contribution in [-0.2, 0) is 0 Å². The van der Waals surface area contributed by atoms with Gasteiger partial charge in [-0.3, -0.25) is 0 Å². The van der Waals surface area contributed by atoms with E-state index in [1.54, 1.807) is 0 Å². The summed E-state index contributed by atoms with van der Waals surface area (Å²) >= 11 is 0. The van der Waals surface area contributed by atoms with Crippen molar-refractivity contribution in [1.29, 1.82) is 0 Å². The van der Waals surface area contributed by atoms with Gasteiger partial charge in [0.25, 0.3) is 0 Å². The van der Waals surface area contributed by atoms with Crippen LogP contribution in [0.1, 0.15) is 59.8 Å². The minimum Gasteiger partial charge on any atom is -0.393 e. The highest BCUT2D eigenvalue weighted by Crippen LogP contribution is 2.42. The zero-order valence-electron chi connectivity index (χ0n) is 10.2. The summed E-state index contributed by atoms with van der Waals surface area (Å²) in [7, 11) is 0. The zero-order chi connectivity index (χ0) is 10.8. The molecule has 1 aliphatic rings. The van der Waals surface area contributed by atoms with Crippen molar-refractivity contribution in [3.8, 4) is 0 Å². The van der Waals surface area contributed by atoms with Gasteiger partial charge in [0, 0.05) is 0 Å². The van der Waals surface area contributed by atoms with Crippen LogP contribution in [0, 0.1) is 17.3 Å². The van der Waals surface area contributed by atoms with Crippen LogP contribution in [0.5, 0.6) is 0 Å². The van der Waals surface area contributed by atoms with Crippen LogP contribution in [0.15, 0.2) is 0 Å². The van der Waals surface area contributed by atoms with Gasteiger partial charge in [-0.25, -0.2) is 0 Å². The smallest absolute Gasteiger partial charge is 0.0576 e. The fourth-order valence-corrected chi connectivity index (χ4v) is 3.09. The molecule has 0 spiro atoms. The molecule has 14 heavy (non-hydrogen) atoms. The standard InChI is InChI=1S/C13H26O/c1-5-8-13(3,4)11-7-6-10(2)9-12(11)14/h10-12,14H,5-9H2,1-4H3. The average Bonchev–Trinajstić information content (AvgIpc) is 2.02. The Bertz CT molecular complexity index is 174. The van der Waals surface area contributed by atoms with Crippen LogP contribution in [0.3, 0.4) is 0 Å². The molecule has 0 saturated heterocycles. The minimum absolute atomic E-state index is 0.0553. The summed E-state index contributed by atoms with van der Waals surface area (Å²) in [6, 6.07) is 0. The van der Waals surface area contributed by atoms with Gasteiger partial charge in [-0.2, -0.15) is 0 Å². The SMILES string of the molecule is CCCC(C)(C)C1CCC(C)CC1O. The fraction of sp³-hybridized carbons (Fsp3) is 1.00. The predicted molar refractivity (Wildman–Crippen MR) is 61.2 cm³/mol. The van der Waals surface area contributed by atoms with Gasteiger partial charge in [-0.15, -0.1) is 0 Å². The zero-order valence-corrected chi connectivity index (χ0v) is 10.2. The summed E-state index contributed by atoms with van der Waals surface area (Å²) in [4.78, 5) is 0. The minimum atomic E-state index is -0.0553. The molecule has 3 atom stereocenters. The summed E-state index contributed by atoms with van der Waals surface area (Å²) in [5, 5.41) is 10.1. The third-order valence-electron chi connectivity index (χ3n) is 3.98. The molecule has 1 heteroatoms. The van der Waals surface area contributed by atoms with Crippen molar-refractivity contribution < 1.29 is 5.11 Å². The van der Waals surface area contributed by atoms with Gasteiger partial charge in [0.1, 0.15) is 0 Å². The molecule has 1 rings (SSSR count). The summed E-state index contributed by atoms with van der Waals surface area (Å²) in [5.74, 6) is 1.25. The van der Waals surface area contributed by atoms with Crippen molar-refractivity contribution in [2.45, 2.75) is 65.9 Å². The quantitative estimate of drug-likeness (QED) is 0.734. The van der Waals surface area contributed by atoms with Crippen LogP contribution in [0.25, 0.3) is 0 Å². The van der Waals surface area contributed by atoms with E-state index < -0.39 is 0 Å². The van der Waals surface area contributed by atoms with Gasteiger partial charge in [0.05, 0.1) is 6.10 Å². The summed E-state index contributed by atoms with van der Waals surface area (Å²) in [6.45, 7) is 9.13. The molecule has 84 valence electrons. The summed E-state index contributed by atoms with van der Waals surface area (Å²) < 4.78 is 0. The number of hydrogen-bond acceptors (Lipinski definition) is 1. The Kier molecular flexibility index (Phi) is 4.00. The van der Waals surface area contributed by atoms with Gasteiger partial charge < -0.3 is 5.11 Å². The highest BCUT2D eigenvalue weighted by Gasteiger charge is 2.37. The molecular weight excluding hydrogens is 172 g/mol. The molecule has 1 saturated carbocycles. The molecule has 1 N–H and O–H groups in total. The first-order valence-electron chi connectivity index (χ1n) is 6.15. The molecule has 0 heterocycles. The topological polar surface area (TPSA) is 20.2 Å². The fourth-order valence-electron chi connectivity index (χ4n) is 3.09. The molecule has 1 nitrogen and oxygen atoms in total. The van der Waals surface area contributed by atoms with Crippen LogP contribution in [-0.4, -0.2) is 11.2 Å². The summed E-state index contributed by atoms with van der Waals surface area (Å²) in [6.07, 6.45) is 5.94. The second kappa shape index (κ2) is 4.65. The lowest BCUT2D eigenvalue weighted by atomic mass is 9.66. The summed E-state index contributed by atoms with van der Waals surface area (Å²) in [5.41, 5.74) is 0.328. The molecule has 1 fully saturated rings. The van der Waals surface area contributed by atoms with Crippen molar-refractivity contribution in [3.63, 3.8) is 0 Å². The monoisotopic (exact) mass is 198 g/mol. The van der Waals surface area contributed by atoms with Gasteiger partial charge in [0.2, 0.25) is 0 Å². The largest absolute Gasteiger partial charge is 0.393 e. The van der Waals surface area contributed by atoms with E-state index in [0.29, 0.717) is 11.3 Å². The second-order valence-corrected chi connectivity index (χ2v) is 5.83. The lowest BCUT2D eigenvalue weighted by molar-refractivity contribution is -0.0161. The molecule has 0 aromatic carbocycles. The van der Waals surface area contributed by atoms with Gasteiger partial charge in [0.15, 0.2) is 0 Å². The number of rotatable bonds is 3. The molecule has 0 radical (unpaired) electrons. The Balaban J connectivity index is 2.58. The van der Waals surface area contributed by atoms with E-state index in [4.69, 9.17) is 0 Å².